The normalized spacial score (nSPS) is 26.1. The van der Waals surface area contributed by atoms with Crippen LogP contribution in [0.25, 0.3) is 0 Å². The minimum absolute atomic E-state index is 0.0470. The molecule has 1 aromatic heterocycles. The van der Waals surface area contributed by atoms with Crippen LogP contribution in [-0.2, 0) is 35.8 Å². The number of piperidine rings is 1. The molecule has 2 fully saturated rings. The number of aliphatic hydroxyl groups excluding tert-OH is 1. The summed E-state index contributed by atoms with van der Waals surface area (Å²) in [6.07, 6.45) is -9.46. The van der Waals surface area contributed by atoms with E-state index in [0.717, 1.165) is 5.56 Å². The van der Waals surface area contributed by atoms with Gasteiger partial charge in [0.2, 0.25) is 0 Å². The van der Waals surface area contributed by atoms with Crippen LogP contribution in [0.3, 0.4) is 0 Å². The van der Waals surface area contributed by atoms with Crippen LogP contribution in [0.2, 0.25) is 0 Å². The maximum absolute atomic E-state index is 13.4. The van der Waals surface area contributed by atoms with Gasteiger partial charge >= 0.3 is 12.4 Å². The predicted octanol–water partition coefficient (Wildman–Crippen LogP) is 4.81. The monoisotopic (exact) mass is 555 g/mol. The Hall–Kier alpha value is -3.03. The molecule has 0 radical (unpaired) electrons. The molecule has 39 heavy (non-hydrogen) atoms. The van der Waals surface area contributed by atoms with E-state index >= 15 is 0 Å². The summed E-state index contributed by atoms with van der Waals surface area (Å²) in [5.41, 5.74) is -2.84. The molecule has 3 heterocycles. The zero-order chi connectivity index (χ0) is 28.0. The number of rotatable bonds is 7. The predicted molar refractivity (Wildman–Crippen MR) is 126 cm³/mol. The molecule has 7 nitrogen and oxygen atoms in total. The van der Waals surface area contributed by atoms with Gasteiger partial charge in [-0.2, -0.15) is 26.3 Å². The van der Waals surface area contributed by atoms with Gasteiger partial charge in [-0.25, -0.2) is 4.68 Å². The molecule has 2 aromatic carbocycles. The van der Waals surface area contributed by atoms with Gasteiger partial charge in [-0.05, 0) is 65.9 Å². The molecule has 13 heteroatoms. The zero-order valence-electron chi connectivity index (χ0n) is 20.9. The fraction of sp³-hybridized carbons (Fsp3) is 0.500. The van der Waals surface area contributed by atoms with Crippen molar-refractivity contribution in [2.75, 3.05) is 0 Å². The minimum atomic E-state index is -4.93. The highest BCUT2D eigenvalue weighted by molar-refractivity contribution is 5.35. The molecule has 5 atom stereocenters. The molecule has 2 aliphatic rings. The lowest BCUT2D eigenvalue weighted by Gasteiger charge is -2.42. The first-order valence-corrected chi connectivity index (χ1v) is 12.5. The molecule has 0 amide bonds. The highest BCUT2D eigenvalue weighted by Gasteiger charge is 2.55. The van der Waals surface area contributed by atoms with Crippen LogP contribution in [0.5, 0.6) is 0 Å². The highest BCUT2D eigenvalue weighted by Crippen LogP contribution is 2.50. The van der Waals surface area contributed by atoms with Crippen molar-refractivity contribution in [3.63, 3.8) is 0 Å². The van der Waals surface area contributed by atoms with E-state index in [1.54, 1.807) is 11.6 Å². The first-order chi connectivity index (χ1) is 18.4. The van der Waals surface area contributed by atoms with Gasteiger partial charge in [0.15, 0.2) is 5.82 Å². The third kappa shape index (κ3) is 5.52. The van der Waals surface area contributed by atoms with Gasteiger partial charge in [-0.15, -0.1) is 5.10 Å². The van der Waals surface area contributed by atoms with E-state index in [2.05, 4.69) is 20.8 Å². The number of hydrogen-bond acceptors (Lipinski definition) is 6. The van der Waals surface area contributed by atoms with Crippen LogP contribution < -0.4 is 5.32 Å². The van der Waals surface area contributed by atoms with E-state index in [1.807, 2.05) is 30.3 Å². The Labute approximate surface area is 220 Å². The summed E-state index contributed by atoms with van der Waals surface area (Å²) in [4.78, 5) is 0. The van der Waals surface area contributed by atoms with Crippen LogP contribution in [0.15, 0.2) is 48.5 Å². The third-order valence-electron chi connectivity index (χ3n) is 7.48. The summed E-state index contributed by atoms with van der Waals surface area (Å²) in [7, 11) is 0. The van der Waals surface area contributed by atoms with Crippen LogP contribution in [0, 0.1) is 0 Å². The zero-order valence-corrected chi connectivity index (χ0v) is 20.9. The first-order valence-electron chi connectivity index (χ1n) is 12.5. The Morgan fingerprint density at radius 3 is 2.33 bits per heavy atom. The molecule has 2 saturated heterocycles. The second-order valence-corrected chi connectivity index (χ2v) is 10.3. The van der Waals surface area contributed by atoms with Gasteiger partial charge in [0.25, 0.3) is 0 Å². The number of tetrazole rings is 1. The van der Waals surface area contributed by atoms with Crippen LogP contribution >= 0.6 is 0 Å². The van der Waals surface area contributed by atoms with Gasteiger partial charge in [0.1, 0.15) is 0 Å². The van der Waals surface area contributed by atoms with E-state index in [0.29, 0.717) is 37.2 Å². The third-order valence-corrected chi connectivity index (χ3v) is 7.48. The number of ether oxygens (including phenoxy) is 1. The molecule has 2 bridgehead atoms. The standard InChI is InChI=1S/C26H27F6N5O2/c1-15(38)13-37-23(34-35-36-37)20-12-24(17-5-3-2-4-6-17)22(8-7-21(20)33-24)39-14-16-9-18(25(27,28)29)11-19(10-16)26(30,31)32/h2-6,9-11,15,20-22,33,38H,7-8,12-14H2,1H3. The number of nitrogens with one attached hydrogen (secondary N) is 1. The van der Waals surface area contributed by atoms with Crippen molar-refractivity contribution >= 4 is 0 Å². The van der Waals surface area contributed by atoms with Gasteiger partial charge in [-0.1, -0.05) is 30.3 Å². The quantitative estimate of drug-likeness (QED) is 0.407. The number of fused-ring (bicyclic) bond motifs is 2. The summed E-state index contributed by atoms with van der Waals surface area (Å²) >= 11 is 0. The van der Waals surface area contributed by atoms with Gasteiger partial charge < -0.3 is 15.2 Å². The number of aromatic nitrogens is 4. The Balaban J connectivity index is 1.46. The maximum atomic E-state index is 13.4. The fourth-order valence-corrected chi connectivity index (χ4v) is 5.83. The summed E-state index contributed by atoms with van der Waals surface area (Å²) in [6, 6.07) is 10.9. The van der Waals surface area contributed by atoms with Crippen LogP contribution in [0.4, 0.5) is 26.3 Å². The Morgan fingerprint density at radius 1 is 1.05 bits per heavy atom. The number of benzene rings is 2. The highest BCUT2D eigenvalue weighted by atomic mass is 19.4. The van der Waals surface area contributed by atoms with Crippen molar-refractivity contribution in [2.45, 2.75) is 81.4 Å². The summed E-state index contributed by atoms with van der Waals surface area (Å²) in [5.74, 6) is 0.442. The second-order valence-electron chi connectivity index (χ2n) is 10.3. The number of aliphatic hydroxyl groups is 1. The number of hydrogen-bond donors (Lipinski definition) is 2. The second kappa shape index (κ2) is 10.2. The molecule has 0 saturated carbocycles. The lowest BCUT2D eigenvalue weighted by Crippen LogP contribution is -2.54. The first kappa shape index (κ1) is 27.5. The molecular weight excluding hydrogens is 528 g/mol. The van der Waals surface area contributed by atoms with E-state index in [9.17, 15) is 31.4 Å². The van der Waals surface area contributed by atoms with Crippen molar-refractivity contribution in [3.05, 3.63) is 76.6 Å². The average molecular weight is 556 g/mol. The van der Waals surface area contributed by atoms with Gasteiger partial charge in [0.05, 0.1) is 42.0 Å². The molecule has 2 aliphatic heterocycles. The van der Waals surface area contributed by atoms with E-state index in [-0.39, 0.29) is 30.1 Å². The summed E-state index contributed by atoms with van der Waals surface area (Å²) in [6.45, 7) is 1.41. The SMILES string of the molecule is CC(O)Cn1nnnc1C1CC2(c3ccccc3)NC1CCC2OCc1cc(C(F)(F)F)cc(C(F)(F)F)c1. The molecule has 2 N–H and O–H groups in total. The van der Waals surface area contributed by atoms with Crippen molar-refractivity contribution in [1.29, 1.82) is 0 Å². The van der Waals surface area contributed by atoms with E-state index in [1.165, 1.54) is 0 Å². The Bertz CT molecular complexity index is 1260. The molecule has 210 valence electrons. The van der Waals surface area contributed by atoms with Crippen molar-refractivity contribution < 1.29 is 36.2 Å². The smallest absolute Gasteiger partial charge is 0.391 e. The fourth-order valence-electron chi connectivity index (χ4n) is 5.83. The number of halogens is 6. The van der Waals surface area contributed by atoms with E-state index < -0.39 is 47.8 Å². The topological polar surface area (TPSA) is 85.1 Å². The largest absolute Gasteiger partial charge is 0.416 e. The molecule has 0 aliphatic carbocycles. The van der Waals surface area contributed by atoms with Crippen molar-refractivity contribution in [2.24, 2.45) is 0 Å². The van der Waals surface area contributed by atoms with Gasteiger partial charge in [0, 0.05) is 12.0 Å². The van der Waals surface area contributed by atoms with Crippen molar-refractivity contribution in [3.8, 4) is 0 Å². The van der Waals surface area contributed by atoms with Crippen molar-refractivity contribution in [1.82, 2.24) is 25.5 Å². The molecular formula is C26H27F6N5O2. The average Bonchev–Trinajstić information content (AvgIpc) is 3.45. The Kier molecular flexibility index (Phi) is 7.18. The van der Waals surface area contributed by atoms with E-state index in [4.69, 9.17) is 4.74 Å². The van der Waals surface area contributed by atoms with Gasteiger partial charge in [-0.3, -0.25) is 0 Å². The lowest BCUT2D eigenvalue weighted by atomic mass is 9.80. The molecule has 3 aromatic rings. The maximum Gasteiger partial charge on any atom is 0.416 e. The number of nitrogens with zero attached hydrogens (tertiary/aromatic N) is 4. The lowest BCUT2D eigenvalue weighted by molar-refractivity contribution is -0.143. The minimum Gasteiger partial charge on any atom is -0.391 e. The molecule has 5 rings (SSSR count). The van der Waals surface area contributed by atoms with Crippen LogP contribution in [0.1, 0.15) is 60.2 Å². The van der Waals surface area contributed by atoms with Crippen LogP contribution in [-0.4, -0.2) is 43.6 Å². The molecule has 0 spiro atoms. The number of alkyl halides is 6. The summed E-state index contributed by atoms with van der Waals surface area (Å²) < 4.78 is 88.0. The summed E-state index contributed by atoms with van der Waals surface area (Å²) in [5, 5.41) is 25.5. The Morgan fingerprint density at radius 2 is 1.72 bits per heavy atom. The molecule has 5 unspecified atom stereocenters.